The maximum atomic E-state index is 13.0. The van der Waals surface area contributed by atoms with Gasteiger partial charge in [-0.1, -0.05) is 89.2 Å². The van der Waals surface area contributed by atoms with Crippen molar-refractivity contribution in [3.05, 3.63) is 59.2 Å². The summed E-state index contributed by atoms with van der Waals surface area (Å²) in [4.78, 5) is 24.4. The number of Topliss-reactive ketones (excluding diaryl/α,β-unsaturated/α-hetero) is 1. The number of allylic oxidation sites excluding steroid dienone is 2. The molecular weight excluding hydrogens is 534 g/mol. The van der Waals surface area contributed by atoms with Gasteiger partial charge in [0, 0.05) is 18.5 Å². The standard InChI is InChI=1S/C34H55NO5S/c1-6-8-9-10-11-12-13-14-15-16-17-18-19-20-21-23-32(36)30-24-25-31(29(4)28(30)3)34(5,41(38,39)40)26-22-27-35-33(37)7-2/h7,14-15,24-25H,2,6,8-13,16-23,26-27H2,1,3-5H3,(H,35,37)(H,38,39,40)/b15-14-. The third-order valence-corrected chi connectivity index (χ3v) is 9.77. The molecule has 0 aliphatic carbocycles. The van der Waals surface area contributed by atoms with Crippen LogP contribution in [-0.2, 0) is 19.7 Å². The number of carbonyl (C=O) groups is 2. The maximum Gasteiger partial charge on any atom is 0.274 e. The molecule has 232 valence electrons. The van der Waals surface area contributed by atoms with Crippen molar-refractivity contribution < 1.29 is 22.6 Å². The largest absolute Gasteiger partial charge is 0.353 e. The summed E-state index contributed by atoms with van der Waals surface area (Å²) in [5, 5.41) is 2.63. The van der Waals surface area contributed by atoms with Gasteiger partial charge in [0.05, 0.1) is 0 Å². The van der Waals surface area contributed by atoms with E-state index in [1.54, 1.807) is 19.1 Å². The van der Waals surface area contributed by atoms with E-state index in [1.165, 1.54) is 64.7 Å². The van der Waals surface area contributed by atoms with Crippen LogP contribution in [0.3, 0.4) is 0 Å². The molecule has 2 N–H and O–H groups in total. The van der Waals surface area contributed by atoms with Crippen molar-refractivity contribution in [1.29, 1.82) is 0 Å². The van der Waals surface area contributed by atoms with E-state index < -0.39 is 14.9 Å². The summed E-state index contributed by atoms with van der Waals surface area (Å²) in [5.41, 5.74) is 2.52. The van der Waals surface area contributed by atoms with Gasteiger partial charge in [0.2, 0.25) is 5.91 Å². The highest BCUT2D eigenvalue weighted by molar-refractivity contribution is 7.86. The molecular formula is C34H55NO5S. The van der Waals surface area contributed by atoms with E-state index in [9.17, 15) is 22.6 Å². The molecule has 6 nitrogen and oxygen atoms in total. The number of carbonyl (C=O) groups excluding carboxylic acids is 2. The fraction of sp³-hybridized carbons (Fsp3) is 0.647. The molecule has 0 fully saturated rings. The third-order valence-electron chi connectivity index (χ3n) is 8.21. The van der Waals surface area contributed by atoms with Crippen molar-refractivity contribution in [2.24, 2.45) is 0 Å². The molecule has 0 saturated heterocycles. The molecule has 1 rings (SSSR count). The highest BCUT2D eigenvalue weighted by atomic mass is 32.2. The molecule has 0 saturated carbocycles. The summed E-state index contributed by atoms with van der Waals surface area (Å²) in [6.07, 6.45) is 22.4. The Balaban J connectivity index is 2.52. The first-order valence-electron chi connectivity index (χ1n) is 15.7. The zero-order valence-corrected chi connectivity index (χ0v) is 26.9. The predicted octanol–water partition coefficient (Wildman–Crippen LogP) is 8.71. The molecule has 0 heterocycles. The Labute approximate surface area is 250 Å². The molecule has 41 heavy (non-hydrogen) atoms. The molecule has 0 spiro atoms. The second-order valence-electron chi connectivity index (χ2n) is 11.5. The fourth-order valence-electron chi connectivity index (χ4n) is 5.30. The number of ketones is 1. The van der Waals surface area contributed by atoms with Gasteiger partial charge in [-0.2, -0.15) is 8.42 Å². The Morgan fingerprint density at radius 2 is 1.44 bits per heavy atom. The van der Waals surface area contributed by atoms with Gasteiger partial charge in [-0.15, -0.1) is 0 Å². The van der Waals surface area contributed by atoms with Crippen LogP contribution in [0.1, 0.15) is 144 Å². The topological polar surface area (TPSA) is 101 Å². The van der Waals surface area contributed by atoms with Crippen LogP contribution in [0.25, 0.3) is 0 Å². The molecule has 1 amide bonds. The predicted molar refractivity (Wildman–Crippen MR) is 171 cm³/mol. The van der Waals surface area contributed by atoms with Gasteiger partial charge in [-0.25, -0.2) is 0 Å². The average molecular weight is 590 g/mol. The van der Waals surface area contributed by atoms with Crippen LogP contribution in [0.4, 0.5) is 0 Å². The van der Waals surface area contributed by atoms with E-state index >= 15 is 0 Å². The number of amides is 1. The molecule has 1 aromatic rings. The first-order valence-corrected chi connectivity index (χ1v) is 17.1. The van der Waals surface area contributed by atoms with Crippen molar-refractivity contribution in [2.75, 3.05) is 6.54 Å². The van der Waals surface area contributed by atoms with Gasteiger partial charge < -0.3 is 5.32 Å². The number of rotatable bonds is 23. The maximum absolute atomic E-state index is 13.0. The lowest BCUT2D eigenvalue weighted by atomic mass is 9.86. The van der Waals surface area contributed by atoms with Crippen LogP contribution in [0, 0.1) is 13.8 Å². The molecule has 1 unspecified atom stereocenters. The SMILES string of the molecule is C=CC(=O)NCCCC(C)(c1ccc(C(=O)CCCCCCC/C=C\CCCCCCCC)c(C)c1C)S(=O)(=O)O. The monoisotopic (exact) mass is 589 g/mol. The van der Waals surface area contributed by atoms with Gasteiger partial charge >= 0.3 is 0 Å². The van der Waals surface area contributed by atoms with Crippen molar-refractivity contribution in [3.8, 4) is 0 Å². The van der Waals surface area contributed by atoms with Gasteiger partial charge in [0.25, 0.3) is 10.1 Å². The molecule has 0 bridgehead atoms. The van der Waals surface area contributed by atoms with Crippen molar-refractivity contribution >= 4 is 21.8 Å². The quantitative estimate of drug-likeness (QED) is 0.0437. The number of hydrogen-bond acceptors (Lipinski definition) is 4. The van der Waals surface area contributed by atoms with Crippen LogP contribution < -0.4 is 5.32 Å². The first kappa shape index (κ1) is 36.8. The Bertz CT molecular complexity index is 1090. The van der Waals surface area contributed by atoms with Gasteiger partial charge in [-0.05, 0) is 88.5 Å². The molecule has 0 aliphatic rings. The highest BCUT2D eigenvalue weighted by Gasteiger charge is 2.41. The van der Waals surface area contributed by atoms with E-state index in [2.05, 4.69) is 31.0 Å². The highest BCUT2D eigenvalue weighted by Crippen LogP contribution is 2.38. The van der Waals surface area contributed by atoms with Crippen LogP contribution in [-0.4, -0.2) is 31.2 Å². The van der Waals surface area contributed by atoms with E-state index in [4.69, 9.17) is 0 Å². The second-order valence-corrected chi connectivity index (χ2v) is 13.3. The number of benzene rings is 1. The Morgan fingerprint density at radius 1 is 0.878 bits per heavy atom. The summed E-state index contributed by atoms with van der Waals surface area (Å²) in [5.74, 6) is -0.268. The lowest BCUT2D eigenvalue weighted by molar-refractivity contribution is -0.116. The lowest BCUT2D eigenvalue weighted by Gasteiger charge is -2.29. The number of nitrogens with one attached hydrogen (secondary N) is 1. The summed E-state index contributed by atoms with van der Waals surface area (Å²) in [7, 11) is -4.46. The average Bonchev–Trinajstić information content (AvgIpc) is 2.93. The summed E-state index contributed by atoms with van der Waals surface area (Å²) in [6, 6.07) is 3.35. The third kappa shape index (κ3) is 13.1. The molecule has 1 atom stereocenters. The summed E-state index contributed by atoms with van der Waals surface area (Å²) >= 11 is 0. The smallest absolute Gasteiger partial charge is 0.274 e. The summed E-state index contributed by atoms with van der Waals surface area (Å²) < 4.78 is 33.5. The molecule has 7 heteroatoms. The lowest BCUT2D eigenvalue weighted by Crippen LogP contribution is -2.35. The molecule has 1 aromatic carbocycles. The zero-order valence-electron chi connectivity index (χ0n) is 26.1. The van der Waals surface area contributed by atoms with E-state index in [-0.39, 0.29) is 24.7 Å². The van der Waals surface area contributed by atoms with Gasteiger partial charge in [-0.3, -0.25) is 14.1 Å². The Morgan fingerprint density at radius 3 is 2.00 bits per heavy atom. The zero-order chi connectivity index (χ0) is 30.7. The van der Waals surface area contributed by atoms with E-state index in [1.807, 2.05) is 6.92 Å². The van der Waals surface area contributed by atoms with Gasteiger partial charge in [0.1, 0.15) is 4.75 Å². The molecule has 0 aromatic heterocycles. The molecule has 0 radical (unpaired) electrons. The summed E-state index contributed by atoms with van der Waals surface area (Å²) in [6.45, 7) is 11.0. The normalized spacial score (nSPS) is 13.3. The minimum atomic E-state index is -4.46. The van der Waals surface area contributed by atoms with Crippen LogP contribution in [0.5, 0.6) is 0 Å². The van der Waals surface area contributed by atoms with Crippen LogP contribution >= 0.6 is 0 Å². The minimum Gasteiger partial charge on any atom is -0.353 e. The Hall–Kier alpha value is -2.25. The Kier molecular flexibility index (Phi) is 17.8. The number of unbranched alkanes of at least 4 members (excludes halogenated alkanes) is 11. The van der Waals surface area contributed by atoms with Crippen molar-refractivity contribution in [1.82, 2.24) is 5.32 Å². The van der Waals surface area contributed by atoms with Gasteiger partial charge in [0.15, 0.2) is 5.78 Å². The van der Waals surface area contributed by atoms with E-state index in [0.717, 1.165) is 37.3 Å². The van der Waals surface area contributed by atoms with Crippen molar-refractivity contribution in [2.45, 2.75) is 135 Å². The molecule has 0 aliphatic heterocycles. The second kappa shape index (κ2) is 19.8. The van der Waals surface area contributed by atoms with Crippen molar-refractivity contribution in [3.63, 3.8) is 0 Å². The first-order chi connectivity index (χ1) is 19.5. The van der Waals surface area contributed by atoms with Crippen LogP contribution in [0.15, 0.2) is 36.9 Å². The minimum absolute atomic E-state index is 0.0653. The van der Waals surface area contributed by atoms with Crippen LogP contribution in [0.2, 0.25) is 0 Å². The van der Waals surface area contributed by atoms with E-state index in [0.29, 0.717) is 29.5 Å². The fourth-order valence-corrected chi connectivity index (χ4v) is 6.20. The number of hydrogen-bond donors (Lipinski definition) is 2.